The van der Waals surface area contributed by atoms with Crippen LogP contribution in [0.4, 0.5) is 5.69 Å². The number of aromatic nitrogens is 3. The molecule has 1 aromatic carbocycles. The van der Waals surface area contributed by atoms with Crippen LogP contribution in [0.1, 0.15) is 70.4 Å². The Hall–Kier alpha value is -3.34. The molecule has 0 amide bonds. The van der Waals surface area contributed by atoms with Gasteiger partial charge < -0.3 is 25.4 Å². The second-order valence-electron chi connectivity index (χ2n) is 9.18. The maximum atomic E-state index is 5.93. The molecule has 0 radical (unpaired) electrons. The summed E-state index contributed by atoms with van der Waals surface area (Å²) >= 11 is 0. The number of aromatic amines is 3. The van der Waals surface area contributed by atoms with Crippen molar-refractivity contribution < 1.29 is 4.74 Å². The standard InChI is InChI=1S/C29H38N4O/c1-3-4-5-6-7-8-9-10-11-12-23-14-15-24(31-23)19-28-29(34-2)20-27(33-28)26-18-21-17-22(30)13-16-25(21)32-26/h12-20,31-33H,3-11,30H2,1-2H3. The number of anilines is 1. The van der Waals surface area contributed by atoms with Gasteiger partial charge in [0.25, 0.3) is 0 Å². The Morgan fingerprint density at radius 2 is 1.53 bits per heavy atom. The molecule has 5 N–H and O–H groups in total. The lowest BCUT2D eigenvalue weighted by atomic mass is 10.1. The first-order chi connectivity index (χ1) is 16.7. The number of nitrogens with one attached hydrogen (secondary N) is 3. The van der Waals surface area contributed by atoms with Gasteiger partial charge in [-0.1, -0.05) is 57.9 Å². The minimum atomic E-state index is 0.762. The average molecular weight is 459 g/mol. The van der Waals surface area contributed by atoms with Crippen LogP contribution in [0, 0.1) is 0 Å². The molecule has 0 saturated heterocycles. The number of rotatable bonds is 12. The smallest absolute Gasteiger partial charge is 0.144 e. The number of unbranched alkanes of at least 4 members (excludes halogenated alkanes) is 8. The van der Waals surface area contributed by atoms with Gasteiger partial charge in [-0.05, 0) is 55.3 Å². The highest BCUT2D eigenvalue weighted by atomic mass is 16.5. The number of nitrogen functional groups attached to an aromatic ring is 1. The molecule has 180 valence electrons. The highest BCUT2D eigenvalue weighted by molar-refractivity contribution is 5.88. The molecule has 4 aromatic rings. The molecule has 0 aliphatic rings. The van der Waals surface area contributed by atoms with Gasteiger partial charge in [-0.25, -0.2) is 0 Å². The summed E-state index contributed by atoms with van der Waals surface area (Å²) < 4.78 is 5.63. The van der Waals surface area contributed by atoms with E-state index in [1.54, 1.807) is 7.11 Å². The number of nitrogens with two attached hydrogens (primary N) is 1. The van der Waals surface area contributed by atoms with Gasteiger partial charge in [0.05, 0.1) is 24.2 Å². The van der Waals surface area contributed by atoms with E-state index in [0.717, 1.165) is 51.2 Å². The summed E-state index contributed by atoms with van der Waals surface area (Å²) in [5.74, 6) is 0.812. The Kier molecular flexibility index (Phi) is 8.18. The third kappa shape index (κ3) is 6.16. The van der Waals surface area contributed by atoms with Gasteiger partial charge in [-0.15, -0.1) is 0 Å². The fourth-order valence-corrected chi connectivity index (χ4v) is 4.49. The van der Waals surface area contributed by atoms with Gasteiger partial charge >= 0.3 is 0 Å². The number of benzene rings is 1. The van der Waals surface area contributed by atoms with Crippen LogP contribution >= 0.6 is 0 Å². The molecule has 5 nitrogen and oxygen atoms in total. The van der Waals surface area contributed by atoms with E-state index in [-0.39, 0.29) is 0 Å². The van der Waals surface area contributed by atoms with Crippen molar-refractivity contribution >= 4 is 28.7 Å². The third-order valence-electron chi connectivity index (χ3n) is 6.42. The zero-order valence-electron chi connectivity index (χ0n) is 20.5. The summed E-state index contributed by atoms with van der Waals surface area (Å²) in [7, 11) is 1.70. The van der Waals surface area contributed by atoms with Crippen LogP contribution in [0.2, 0.25) is 0 Å². The lowest BCUT2D eigenvalue weighted by Gasteiger charge is -1.99. The Balaban J connectivity index is 1.40. The highest BCUT2D eigenvalue weighted by Gasteiger charge is 2.11. The van der Waals surface area contributed by atoms with Crippen molar-refractivity contribution in [2.45, 2.75) is 64.7 Å². The van der Waals surface area contributed by atoms with Crippen molar-refractivity contribution in [1.29, 1.82) is 0 Å². The van der Waals surface area contributed by atoms with Crippen LogP contribution in [-0.4, -0.2) is 22.1 Å². The summed E-state index contributed by atoms with van der Waals surface area (Å²) in [6.45, 7) is 2.27. The van der Waals surface area contributed by atoms with Crippen molar-refractivity contribution in [3.05, 3.63) is 58.9 Å². The molecule has 0 aliphatic heterocycles. The molecule has 3 aromatic heterocycles. The largest absolute Gasteiger partial charge is 0.494 e. The summed E-state index contributed by atoms with van der Waals surface area (Å²) in [5, 5.41) is 3.32. The number of hydrogen-bond acceptors (Lipinski definition) is 2. The van der Waals surface area contributed by atoms with Crippen molar-refractivity contribution in [3.8, 4) is 17.1 Å². The normalized spacial score (nSPS) is 12.8. The van der Waals surface area contributed by atoms with E-state index in [4.69, 9.17) is 10.5 Å². The predicted octanol–water partition coefficient (Wildman–Crippen LogP) is 6.22. The molecule has 0 aliphatic carbocycles. The second kappa shape index (κ2) is 11.7. The maximum absolute atomic E-state index is 5.93. The van der Waals surface area contributed by atoms with Crippen molar-refractivity contribution in [2.75, 3.05) is 12.8 Å². The molecule has 0 spiro atoms. The maximum Gasteiger partial charge on any atom is 0.144 e. The third-order valence-corrected chi connectivity index (χ3v) is 6.42. The Morgan fingerprint density at radius 3 is 2.32 bits per heavy atom. The van der Waals surface area contributed by atoms with Gasteiger partial charge in [0.15, 0.2) is 0 Å². The average Bonchev–Trinajstić information content (AvgIpc) is 3.56. The minimum absolute atomic E-state index is 0.762. The van der Waals surface area contributed by atoms with Gasteiger partial charge in [-0.3, -0.25) is 0 Å². The molecular weight excluding hydrogens is 420 g/mol. The van der Waals surface area contributed by atoms with Crippen LogP contribution in [0.5, 0.6) is 5.75 Å². The summed E-state index contributed by atoms with van der Waals surface area (Å²) in [5.41, 5.74) is 10.7. The molecule has 34 heavy (non-hydrogen) atoms. The summed E-state index contributed by atoms with van der Waals surface area (Å²) in [6.07, 6.45) is 16.3. The molecule has 4 rings (SSSR count). The minimum Gasteiger partial charge on any atom is -0.494 e. The zero-order chi connectivity index (χ0) is 23.8. The van der Waals surface area contributed by atoms with Crippen molar-refractivity contribution in [3.63, 3.8) is 0 Å². The van der Waals surface area contributed by atoms with Gasteiger partial charge in [0.1, 0.15) is 5.75 Å². The Labute approximate surface area is 202 Å². The van der Waals surface area contributed by atoms with E-state index >= 15 is 0 Å². The molecule has 5 heteroatoms. The van der Waals surface area contributed by atoms with E-state index in [9.17, 15) is 0 Å². The second-order valence-corrected chi connectivity index (χ2v) is 9.18. The number of ether oxygens (including phenoxy) is 1. The molecular formula is C29H38N4O. The van der Waals surface area contributed by atoms with Gasteiger partial charge in [0.2, 0.25) is 0 Å². The highest BCUT2D eigenvalue weighted by Crippen LogP contribution is 2.30. The van der Waals surface area contributed by atoms with Gasteiger partial charge in [-0.2, -0.15) is 0 Å². The molecule has 0 unspecified atom stereocenters. The first kappa shape index (κ1) is 23.8. The molecule has 3 heterocycles. The number of H-pyrrole nitrogens is 3. The summed E-state index contributed by atoms with van der Waals surface area (Å²) in [4.78, 5) is 10.5. The van der Waals surface area contributed by atoms with E-state index < -0.39 is 0 Å². The molecule has 0 atom stereocenters. The van der Waals surface area contributed by atoms with Gasteiger partial charge in [0, 0.05) is 33.4 Å². The lowest BCUT2D eigenvalue weighted by molar-refractivity contribution is 0.414. The fourth-order valence-electron chi connectivity index (χ4n) is 4.49. The van der Waals surface area contributed by atoms with Crippen LogP contribution in [-0.2, 0) is 0 Å². The van der Waals surface area contributed by atoms with Crippen LogP contribution < -0.4 is 21.2 Å². The van der Waals surface area contributed by atoms with Crippen LogP contribution in [0.3, 0.4) is 0 Å². The molecule has 0 bridgehead atoms. The Bertz CT molecular complexity index is 1310. The predicted molar refractivity (Wildman–Crippen MR) is 144 cm³/mol. The van der Waals surface area contributed by atoms with E-state index in [0.29, 0.717) is 0 Å². The SMILES string of the molecule is CCCCCCCCCCC=c1ccc(=Cc2[nH]c(-c3cc4cc(N)ccc4[nH]3)cc2OC)[nH]1. The molecule has 0 fully saturated rings. The monoisotopic (exact) mass is 458 g/mol. The first-order valence-corrected chi connectivity index (χ1v) is 12.7. The lowest BCUT2D eigenvalue weighted by Crippen LogP contribution is -2.09. The van der Waals surface area contributed by atoms with Crippen molar-refractivity contribution in [2.24, 2.45) is 0 Å². The quantitative estimate of drug-likeness (QED) is 0.150. The van der Waals surface area contributed by atoms with E-state index in [2.05, 4.69) is 52.2 Å². The number of fused-ring (bicyclic) bond motifs is 1. The van der Waals surface area contributed by atoms with Crippen LogP contribution in [0.15, 0.2) is 42.5 Å². The number of hydrogen-bond donors (Lipinski definition) is 4. The Morgan fingerprint density at radius 1 is 0.794 bits per heavy atom. The zero-order valence-corrected chi connectivity index (χ0v) is 20.5. The first-order valence-electron chi connectivity index (χ1n) is 12.7. The van der Waals surface area contributed by atoms with E-state index in [1.165, 1.54) is 56.7 Å². The number of methoxy groups -OCH3 is 1. The van der Waals surface area contributed by atoms with E-state index in [1.807, 2.05) is 24.3 Å². The fraction of sp³-hybridized carbons (Fsp3) is 0.379. The molecule has 0 saturated carbocycles. The van der Waals surface area contributed by atoms with Crippen LogP contribution in [0.25, 0.3) is 34.4 Å². The summed E-state index contributed by atoms with van der Waals surface area (Å²) in [6, 6.07) is 14.3. The van der Waals surface area contributed by atoms with Crippen molar-refractivity contribution in [1.82, 2.24) is 15.0 Å². The topological polar surface area (TPSA) is 82.6 Å².